The average molecular weight is 472 g/mol. The summed E-state index contributed by atoms with van der Waals surface area (Å²) in [6, 6.07) is 15.6. The first-order chi connectivity index (χ1) is 15.8. The fraction of sp³-hybridized carbons (Fsp3) is 0.208. The first-order valence-electron chi connectivity index (χ1n) is 10.2. The van der Waals surface area contributed by atoms with Crippen LogP contribution in [0, 0.1) is 5.82 Å². The van der Waals surface area contributed by atoms with E-state index in [2.05, 4.69) is 4.98 Å². The summed E-state index contributed by atoms with van der Waals surface area (Å²) in [7, 11) is 0. The maximum atomic E-state index is 15.0. The van der Waals surface area contributed by atoms with Crippen molar-refractivity contribution in [3.63, 3.8) is 0 Å². The second kappa shape index (κ2) is 8.40. The van der Waals surface area contributed by atoms with E-state index in [1.165, 1.54) is 12.1 Å². The molecule has 33 heavy (non-hydrogen) atoms. The zero-order valence-electron chi connectivity index (χ0n) is 17.4. The number of hydrogen-bond acceptors (Lipinski definition) is 4. The highest BCUT2D eigenvalue weighted by Crippen LogP contribution is 2.44. The molecule has 170 valence electrons. The highest BCUT2D eigenvalue weighted by molar-refractivity contribution is 7.90. The quantitative estimate of drug-likeness (QED) is 0.405. The van der Waals surface area contributed by atoms with E-state index in [4.69, 9.17) is 4.74 Å². The van der Waals surface area contributed by atoms with Crippen molar-refractivity contribution in [3.05, 3.63) is 77.9 Å². The molecule has 0 bridgehead atoms. The third-order valence-corrected chi connectivity index (χ3v) is 6.79. The van der Waals surface area contributed by atoms with Crippen LogP contribution in [-0.2, 0) is 11.2 Å². The van der Waals surface area contributed by atoms with Crippen molar-refractivity contribution in [2.45, 2.75) is 30.1 Å². The second-order valence-corrected chi connectivity index (χ2v) is 9.20. The topological polar surface area (TPSA) is 70.3 Å². The minimum atomic E-state index is -2.99. The molecule has 1 aliphatic heterocycles. The molecule has 5 nitrogen and oxygen atoms in total. The molecule has 3 unspecified atom stereocenters. The molecule has 1 N–H and O–H groups in total. The van der Waals surface area contributed by atoms with Gasteiger partial charge in [0.15, 0.2) is 4.90 Å². The van der Waals surface area contributed by atoms with Crippen LogP contribution < -0.4 is 4.74 Å². The Kier molecular flexibility index (Phi) is 5.55. The maximum Gasteiger partial charge on any atom is 0.387 e. The number of aliphatic hydroxyl groups excluding tert-OH is 1. The van der Waals surface area contributed by atoms with E-state index in [0.717, 1.165) is 0 Å². The lowest BCUT2D eigenvalue weighted by Crippen LogP contribution is -2.10. The Bertz CT molecular complexity index is 1320. The van der Waals surface area contributed by atoms with Gasteiger partial charge in [-0.1, -0.05) is 18.2 Å². The molecule has 1 aromatic heterocycles. The molecular weight excluding hydrogens is 453 g/mol. The van der Waals surface area contributed by atoms with Crippen molar-refractivity contribution < 1.29 is 27.6 Å². The molecule has 0 radical (unpaired) electrons. The van der Waals surface area contributed by atoms with Crippen molar-refractivity contribution >= 4 is 22.2 Å². The number of nitrogens with zero attached hydrogens (tertiary/aromatic N) is 2. The molecule has 0 amide bonds. The Morgan fingerprint density at radius 1 is 1.15 bits per heavy atom. The summed E-state index contributed by atoms with van der Waals surface area (Å²) in [4.78, 5) is 5.05. The minimum absolute atomic E-state index is 0.0184. The summed E-state index contributed by atoms with van der Waals surface area (Å²) < 4.78 is 59.0. The molecule has 2 heterocycles. The van der Waals surface area contributed by atoms with E-state index in [0.29, 0.717) is 38.4 Å². The van der Waals surface area contributed by atoms with E-state index in [9.17, 15) is 22.8 Å². The molecule has 0 saturated carbocycles. The molecule has 0 saturated heterocycles. The normalized spacial score (nSPS) is 18.6. The van der Waals surface area contributed by atoms with Gasteiger partial charge in [0.1, 0.15) is 29.8 Å². The lowest BCUT2D eigenvalue weighted by molar-refractivity contribution is -0.0507. The molecule has 0 aliphatic carbocycles. The lowest BCUT2D eigenvalue weighted by atomic mass is 10.0. The Labute approximate surface area is 190 Å². The number of ether oxygens (including phenoxy) is 1. The number of hydrogen-bond donors (Lipinski definition) is 1. The van der Waals surface area contributed by atoms with E-state index in [1.807, 2.05) is 0 Å². The smallest absolute Gasteiger partial charge is 0.387 e. The van der Waals surface area contributed by atoms with Gasteiger partial charge in [0.25, 0.3) is 0 Å². The lowest BCUT2D eigenvalue weighted by Gasteiger charge is -2.19. The van der Waals surface area contributed by atoms with Gasteiger partial charge >= 0.3 is 6.61 Å². The van der Waals surface area contributed by atoms with E-state index in [1.54, 1.807) is 59.4 Å². The summed E-state index contributed by atoms with van der Waals surface area (Å²) >= 11 is -1.15. The van der Waals surface area contributed by atoms with Crippen LogP contribution in [0.1, 0.15) is 30.0 Å². The fourth-order valence-electron chi connectivity index (χ4n) is 4.39. The Morgan fingerprint density at radius 3 is 2.58 bits per heavy atom. The van der Waals surface area contributed by atoms with Gasteiger partial charge < -0.3 is 19.0 Å². The molecule has 5 rings (SSSR count). The highest BCUT2D eigenvalue weighted by Gasteiger charge is 2.36. The van der Waals surface area contributed by atoms with Gasteiger partial charge in [0, 0.05) is 23.6 Å². The third kappa shape index (κ3) is 3.86. The highest BCUT2D eigenvalue weighted by atomic mass is 32.2. The number of aliphatic hydroxyl groups is 1. The number of fused-ring (bicyclic) bond motifs is 3. The number of aromatic nitrogens is 2. The van der Waals surface area contributed by atoms with Crippen LogP contribution in [-0.4, -0.2) is 32.1 Å². The predicted octanol–water partition coefficient (Wildman–Crippen LogP) is 5.21. The zero-order chi connectivity index (χ0) is 23.3. The molecule has 0 spiro atoms. The van der Waals surface area contributed by atoms with E-state index < -0.39 is 35.8 Å². The molecule has 4 aromatic rings. The van der Waals surface area contributed by atoms with E-state index >= 15 is 0 Å². The van der Waals surface area contributed by atoms with Crippen molar-refractivity contribution in [3.8, 4) is 16.9 Å². The number of alkyl halides is 2. The van der Waals surface area contributed by atoms with Gasteiger partial charge in [-0.25, -0.2) is 9.37 Å². The Balaban J connectivity index is 1.65. The summed E-state index contributed by atoms with van der Waals surface area (Å²) in [6.07, 6.45) is 0.858. The summed E-state index contributed by atoms with van der Waals surface area (Å²) in [5, 5.41) is 10.6. The standard InChI is InChI=1S/C24H19F3N2O3S/c1-33(31)14-8-6-13(7-9-14)16-10-20-18(11-17(16)25)28-23-21(30)12-19(29(20)23)15-4-2-3-5-22(15)32-24(26)27/h2-11,19,21,24,30H,12H2,1H3. The predicted molar refractivity (Wildman–Crippen MR) is 118 cm³/mol. The zero-order valence-corrected chi connectivity index (χ0v) is 18.2. The first-order valence-corrected chi connectivity index (χ1v) is 11.8. The van der Waals surface area contributed by atoms with Gasteiger partial charge in [-0.3, -0.25) is 0 Å². The van der Waals surface area contributed by atoms with Crippen molar-refractivity contribution in [2.24, 2.45) is 0 Å². The van der Waals surface area contributed by atoms with Gasteiger partial charge in [-0.2, -0.15) is 8.78 Å². The van der Waals surface area contributed by atoms with Gasteiger partial charge in [0.05, 0.1) is 17.1 Å². The van der Waals surface area contributed by atoms with Crippen molar-refractivity contribution in [1.82, 2.24) is 9.55 Å². The van der Waals surface area contributed by atoms with Gasteiger partial charge in [-0.15, -0.1) is 0 Å². The van der Waals surface area contributed by atoms with Crippen molar-refractivity contribution in [2.75, 3.05) is 6.26 Å². The monoisotopic (exact) mass is 472 g/mol. The average Bonchev–Trinajstić information content (AvgIpc) is 3.30. The van der Waals surface area contributed by atoms with Crippen LogP contribution in [0.4, 0.5) is 13.2 Å². The summed E-state index contributed by atoms with van der Waals surface area (Å²) in [5.74, 6) is -0.128. The van der Waals surface area contributed by atoms with Crippen LogP contribution in [0.15, 0.2) is 65.6 Å². The van der Waals surface area contributed by atoms with E-state index in [-0.39, 0.29) is 12.2 Å². The molecule has 9 heteroatoms. The summed E-state index contributed by atoms with van der Waals surface area (Å²) in [5.41, 5.74) is 2.31. The Morgan fingerprint density at radius 2 is 1.88 bits per heavy atom. The summed E-state index contributed by atoms with van der Waals surface area (Å²) in [6.45, 7) is -2.99. The van der Waals surface area contributed by atoms with Gasteiger partial charge in [0.2, 0.25) is 0 Å². The number of benzene rings is 3. The number of para-hydroxylation sites is 1. The van der Waals surface area contributed by atoms with Crippen LogP contribution >= 0.6 is 0 Å². The fourth-order valence-corrected chi connectivity index (χ4v) is 4.91. The SMILES string of the molecule is C[S+]([O-])c1ccc(-c2cc3c(cc2F)nc2n3C(c3ccccc3OC(F)F)CC2O)cc1. The first kappa shape index (κ1) is 21.8. The Hall–Kier alpha value is -3.01. The van der Waals surface area contributed by atoms with Crippen LogP contribution in [0.25, 0.3) is 22.2 Å². The molecule has 3 aromatic carbocycles. The largest absolute Gasteiger partial charge is 0.612 e. The van der Waals surface area contributed by atoms with Crippen LogP contribution in [0.2, 0.25) is 0 Å². The number of imidazole rings is 1. The van der Waals surface area contributed by atoms with Crippen molar-refractivity contribution in [1.29, 1.82) is 0 Å². The maximum absolute atomic E-state index is 15.0. The number of halogens is 3. The molecule has 0 fully saturated rings. The minimum Gasteiger partial charge on any atom is -0.612 e. The molecular formula is C24H19F3N2O3S. The molecule has 1 aliphatic rings. The molecule has 3 atom stereocenters. The van der Waals surface area contributed by atoms with Crippen LogP contribution in [0.3, 0.4) is 0 Å². The third-order valence-electron chi connectivity index (χ3n) is 5.85. The number of rotatable bonds is 5. The van der Waals surface area contributed by atoms with Gasteiger partial charge in [-0.05, 0) is 53.1 Å². The van der Waals surface area contributed by atoms with Crippen LogP contribution in [0.5, 0.6) is 5.75 Å². The second-order valence-electron chi connectivity index (χ2n) is 7.82.